The van der Waals surface area contributed by atoms with Crippen LogP contribution >= 0.6 is 0 Å². The van der Waals surface area contributed by atoms with Crippen molar-refractivity contribution in [1.82, 2.24) is 4.98 Å². The van der Waals surface area contributed by atoms with Gasteiger partial charge in [-0.05, 0) is 43.2 Å². The van der Waals surface area contributed by atoms with Crippen LogP contribution < -0.4 is 16.2 Å². The predicted molar refractivity (Wildman–Crippen MR) is 77.9 cm³/mol. The van der Waals surface area contributed by atoms with Crippen LogP contribution in [0.25, 0.3) is 0 Å². The number of aromatic nitrogens is 1. The molecule has 0 bridgehead atoms. The SMILES string of the molecule is Cc1cc(C(N)=O)cc(C)c1Oc1ccc(N)c(C#N)n1. The molecule has 1 amide bonds. The van der Waals surface area contributed by atoms with E-state index in [2.05, 4.69) is 4.98 Å². The quantitative estimate of drug-likeness (QED) is 0.893. The summed E-state index contributed by atoms with van der Waals surface area (Å²) in [6.45, 7) is 3.61. The zero-order valence-electron chi connectivity index (χ0n) is 11.7. The average Bonchev–Trinajstić information content (AvgIpc) is 2.44. The highest BCUT2D eigenvalue weighted by atomic mass is 16.5. The molecular formula is C15H14N4O2. The van der Waals surface area contributed by atoms with Crippen LogP contribution in [0.2, 0.25) is 0 Å². The first-order valence-corrected chi connectivity index (χ1v) is 6.18. The van der Waals surface area contributed by atoms with Crippen molar-refractivity contribution in [2.45, 2.75) is 13.8 Å². The molecule has 2 rings (SSSR count). The topological polar surface area (TPSA) is 115 Å². The minimum Gasteiger partial charge on any atom is -0.438 e. The summed E-state index contributed by atoms with van der Waals surface area (Å²) in [5.41, 5.74) is 13.2. The molecule has 0 fully saturated rings. The van der Waals surface area contributed by atoms with Gasteiger partial charge in [0.2, 0.25) is 11.8 Å². The van der Waals surface area contributed by atoms with E-state index in [1.165, 1.54) is 0 Å². The standard InChI is InChI=1S/C15H14N4O2/c1-8-5-10(15(18)20)6-9(2)14(8)21-13-4-3-11(17)12(7-16)19-13/h3-6H,17H2,1-2H3,(H2,18,20). The van der Waals surface area contributed by atoms with Crippen molar-refractivity contribution in [3.8, 4) is 17.7 Å². The molecule has 0 aliphatic rings. The lowest BCUT2D eigenvalue weighted by Gasteiger charge is -2.12. The zero-order valence-corrected chi connectivity index (χ0v) is 11.7. The molecule has 0 saturated heterocycles. The molecule has 0 aliphatic carbocycles. The van der Waals surface area contributed by atoms with Crippen LogP contribution in [0, 0.1) is 25.2 Å². The van der Waals surface area contributed by atoms with Crippen LogP contribution in [0.5, 0.6) is 11.6 Å². The normalized spacial score (nSPS) is 9.95. The maximum Gasteiger partial charge on any atom is 0.248 e. The molecule has 0 atom stereocenters. The predicted octanol–water partition coefficient (Wildman–Crippen LogP) is 2.04. The Morgan fingerprint density at radius 3 is 2.43 bits per heavy atom. The van der Waals surface area contributed by atoms with E-state index in [4.69, 9.17) is 21.5 Å². The molecule has 6 nitrogen and oxygen atoms in total. The van der Waals surface area contributed by atoms with Crippen LogP contribution in [0.1, 0.15) is 27.2 Å². The molecule has 4 N–H and O–H groups in total. The highest BCUT2D eigenvalue weighted by molar-refractivity contribution is 5.93. The van der Waals surface area contributed by atoms with E-state index in [0.29, 0.717) is 17.0 Å². The number of hydrogen-bond donors (Lipinski definition) is 2. The van der Waals surface area contributed by atoms with E-state index in [1.807, 2.05) is 6.07 Å². The molecule has 106 valence electrons. The number of aryl methyl sites for hydroxylation is 2. The second kappa shape index (κ2) is 5.51. The number of nitriles is 1. The number of nitrogens with two attached hydrogens (primary N) is 2. The minimum absolute atomic E-state index is 0.108. The van der Waals surface area contributed by atoms with Gasteiger partial charge in [-0.15, -0.1) is 0 Å². The van der Waals surface area contributed by atoms with Gasteiger partial charge in [0.05, 0.1) is 5.69 Å². The number of amides is 1. The largest absolute Gasteiger partial charge is 0.438 e. The molecule has 1 aromatic heterocycles. The number of nitrogens with zero attached hydrogens (tertiary/aromatic N) is 2. The van der Waals surface area contributed by atoms with Crippen LogP contribution in [0.15, 0.2) is 24.3 Å². The maximum atomic E-state index is 11.2. The third-order valence-electron chi connectivity index (χ3n) is 2.96. The summed E-state index contributed by atoms with van der Waals surface area (Å²) in [4.78, 5) is 15.2. The Morgan fingerprint density at radius 1 is 1.29 bits per heavy atom. The van der Waals surface area contributed by atoms with E-state index in [9.17, 15) is 4.79 Å². The van der Waals surface area contributed by atoms with Gasteiger partial charge in [-0.3, -0.25) is 4.79 Å². The Hall–Kier alpha value is -3.07. The zero-order chi connectivity index (χ0) is 15.6. The van der Waals surface area contributed by atoms with E-state index in [0.717, 1.165) is 11.1 Å². The van der Waals surface area contributed by atoms with Crippen molar-refractivity contribution in [2.24, 2.45) is 5.73 Å². The number of carbonyl (C=O) groups is 1. The fourth-order valence-corrected chi connectivity index (χ4v) is 1.96. The molecule has 2 aromatic rings. The lowest BCUT2D eigenvalue weighted by Crippen LogP contribution is -2.11. The first-order chi connectivity index (χ1) is 9.92. The van der Waals surface area contributed by atoms with E-state index in [1.54, 1.807) is 38.1 Å². The van der Waals surface area contributed by atoms with Gasteiger partial charge >= 0.3 is 0 Å². The van der Waals surface area contributed by atoms with Gasteiger partial charge in [-0.2, -0.15) is 5.26 Å². The van der Waals surface area contributed by atoms with Gasteiger partial charge in [0.1, 0.15) is 11.8 Å². The van der Waals surface area contributed by atoms with E-state index < -0.39 is 5.91 Å². The molecular weight excluding hydrogens is 268 g/mol. The number of pyridine rings is 1. The summed E-state index contributed by atoms with van der Waals surface area (Å²) in [5.74, 6) is 0.338. The molecule has 0 spiro atoms. The number of primary amides is 1. The smallest absolute Gasteiger partial charge is 0.248 e. The van der Waals surface area contributed by atoms with Crippen molar-refractivity contribution >= 4 is 11.6 Å². The number of nitrogen functional groups attached to an aromatic ring is 1. The second-order valence-corrected chi connectivity index (χ2v) is 4.60. The molecule has 0 radical (unpaired) electrons. The maximum absolute atomic E-state index is 11.2. The lowest BCUT2D eigenvalue weighted by atomic mass is 10.1. The molecule has 1 heterocycles. The van der Waals surface area contributed by atoms with Gasteiger partial charge in [-0.1, -0.05) is 0 Å². The Kier molecular flexibility index (Phi) is 3.76. The van der Waals surface area contributed by atoms with Crippen molar-refractivity contribution in [2.75, 3.05) is 5.73 Å². The summed E-state index contributed by atoms with van der Waals surface area (Å²) < 4.78 is 5.70. The Morgan fingerprint density at radius 2 is 1.90 bits per heavy atom. The second-order valence-electron chi connectivity index (χ2n) is 4.60. The summed E-state index contributed by atoms with van der Waals surface area (Å²) in [6, 6.07) is 8.33. The van der Waals surface area contributed by atoms with E-state index >= 15 is 0 Å². The molecule has 0 unspecified atom stereocenters. The summed E-state index contributed by atoms with van der Waals surface area (Å²) in [7, 11) is 0. The molecule has 1 aromatic carbocycles. The number of anilines is 1. The summed E-state index contributed by atoms with van der Waals surface area (Å²) in [6.07, 6.45) is 0. The first kappa shape index (κ1) is 14.3. The third kappa shape index (κ3) is 2.92. The number of benzene rings is 1. The van der Waals surface area contributed by atoms with Crippen LogP contribution in [-0.4, -0.2) is 10.9 Å². The monoisotopic (exact) mass is 282 g/mol. The highest BCUT2D eigenvalue weighted by Crippen LogP contribution is 2.29. The van der Waals surface area contributed by atoms with Crippen LogP contribution in [0.3, 0.4) is 0 Å². The van der Waals surface area contributed by atoms with Crippen molar-refractivity contribution in [1.29, 1.82) is 5.26 Å². The molecule has 0 saturated carbocycles. The Balaban J connectivity index is 2.41. The number of rotatable bonds is 3. The molecule has 0 aliphatic heterocycles. The minimum atomic E-state index is -0.495. The third-order valence-corrected chi connectivity index (χ3v) is 2.96. The number of ether oxygens (including phenoxy) is 1. The fraction of sp³-hybridized carbons (Fsp3) is 0.133. The highest BCUT2D eigenvalue weighted by Gasteiger charge is 2.12. The van der Waals surface area contributed by atoms with Gasteiger partial charge in [0.25, 0.3) is 0 Å². The van der Waals surface area contributed by atoms with Crippen LogP contribution in [0.4, 0.5) is 5.69 Å². The molecule has 21 heavy (non-hydrogen) atoms. The summed E-state index contributed by atoms with van der Waals surface area (Å²) in [5, 5.41) is 8.92. The van der Waals surface area contributed by atoms with Crippen molar-refractivity contribution in [3.05, 3.63) is 46.6 Å². The summed E-state index contributed by atoms with van der Waals surface area (Å²) >= 11 is 0. The van der Waals surface area contributed by atoms with Gasteiger partial charge in [-0.25, -0.2) is 4.98 Å². The average molecular weight is 282 g/mol. The van der Waals surface area contributed by atoms with Gasteiger partial charge in [0, 0.05) is 11.6 Å². The van der Waals surface area contributed by atoms with Crippen LogP contribution in [-0.2, 0) is 0 Å². The van der Waals surface area contributed by atoms with Crippen molar-refractivity contribution < 1.29 is 9.53 Å². The van der Waals surface area contributed by atoms with Gasteiger partial charge in [0.15, 0.2) is 5.69 Å². The number of carbonyl (C=O) groups excluding carboxylic acids is 1. The molecule has 6 heteroatoms. The van der Waals surface area contributed by atoms with Crippen molar-refractivity contribution in [3.63, 3.8) is 0 Å². The Bertz CT molecular complexity index is 740. The Labute approximate surface area is 122 Å². The fourth-order valence-electron chi connectivity index (χ4n) is 1.96. The lowest BCUT2D eigenvalue weighted by molar-refractivity contribution is 0.1000. The number of hydrogen-bond acceptors (Lipinski definition) is 5. The van der Waals surface area contributed by atoms with E-state index in [-0.39, 0.29) is 11.6 Å². The van der Waals surface area contributed by atoms with Gasteiger partial charge < -0.3 is 16.2 Å². The first-order valence-electron chi connectivity index (χ1n) is 6.18.